The Balaban J connectivity index is 1.56. The highest BCUT2D eigenvalue weighted by Gasteiger charge is 2.28. The van der Waals surface area contributed by atoms with Gasteiger partial charge >= 0.3 is 0 Å². The van der Waals surface area contributed by atoms with Gasteiger partial charge in [0, 0.05) is 24.8 Å². The van der Waals surface area contributed by atoms with Crippen LogP contribution in [0.15, 0.2) is 12.3 Å². The molecule has 112 valence electrons. The Bertz CT molecular complexity index is 539. The summed E-state index contributed by atoms with van der Waals surface area (Å²) in [5.74, 6) is -0.102. The van der Waals surface area contributed by atoms with Crippen LogP contribution in [0.1, 0.15) is 54.6 Å². The van der Waals surface area contributed by atoms with Crippen LogP contribution in [0.4, 0.5) is 0 Å². The summed E-state index contributed by atoms with van der Waals surface area (Å²) in [6.07, 6.45) is 9.07. The molecule has 1 aromatic heterocycles. The maximum atomic E-state index is 12.2. The number of amides is 1. The fourth-order valence-corrected chi connectivity index (χ4v) is 3.58. The van der Waals surface area contributed by atoms with Gasteiger partial charge in [-0.1, -0.05) is 12.8 Å². The number of piperidine rings is 1. The third-order valence-corrected chi connectivity index (χ3v) is 4.69. The van der Waals surface area contributed by atoms with Crippen LogP contribution in [0.2, 0.25) is 0 Å². The maximum Gasteiger partial charge on any atom is 0.267 e. The van der Waals surface area contributed by atoms with E-state index in [-0.39, 0.29) is 11.9 Å². The number of nitrogens with zero attached hydrogens (tertiary/aromatic N) is 2. The minimum Gasteiger partial charge on any atom is -0.356 e. The van der Waals surface area contributed by atoms with Crippen LogP contribution in [-0.4, -0.2) is 41.0 Å². The molecule has 1 aromatic rings. The lowest BCUT2D eigenvalue weighted by atomic mass is 10.0. The SMILES string of the molecule is N#Cc1c[nH]c(C(=O)NC2CCCN(C3CCCC3)C2)c1. The van der Waals surface area contributed by atoms with Gasteiger partial charge in [-0.05, 0) is 38.3 Å². The van der Waals surface area contributed by atoms with Gasteiger partial charge in [0.2, 0.25) is 0 Å². The van der Waals surface area contributed by atoms with E-state index in [1.807, 2.05) is 6.07 Å². The molecule has 5 heteroatoms. The summed E-state index contributed by atoms with van der Waals surface area (Å²) in [5.41, 5.74) is 0.973. The zero-order valence-electron chi connectivity index (χ0n) is 12.3. The average Bonchev–Trinajstić information content (AvgIpc) is 3.19. The number of hydrogen-bond donors (Lipinski definition) is 2. The largest absolute Gasteiger partial charge is 0.356 e. The van der Waals surface area contributed by atoms with Crippen LogP contribution in [0.3, 0.4) is 0 Å². The molecule has 0 aromatic carbocycles. The quantitative estimate of drug-likeness (QED) is 0.893. The van der Waals surface area contributed by atoms with Crippen LogP contribution in [0.5, 0.6) is 0 Å². The third kappa shape index (κ3) is 3.27. The van der Waals surface area contributed by atoms with Gasteiger partial charge in [0.05, 0.1) is 5.56 Å². The minimum absolute atomic E-state index is 0.102. The third-order valence-electron chi connectivity index (χ3n) is 4.69. The summed E-state index contributed by atoms with van der Waals surface area (Å²) in [4.78, 5) is 17.6. The van der Waals surface area contributed by atoms with E-state index in [2.05, 4.69) is 15.2 Å². The van der Waals surface area contributed by atoms with Crippen molar-refractivity contribution in [1.82, 2.24) is 15.2 Å². The molecule has 0 spiro atoms. The first-order chi connectivity index (χ1) is 10.3. The average molecular weight is 286 g/mol. The van der Waals surface area contributed by atoms with Gasteiger partial charge in [0.15, 0.2) is 0 Å². The summed E-state index contributed by atoms with van der Waals surface area (Å²) >= 11 is 0. The van der Waals surface area contributed by atoms with Gasteiger partial charge < -0.3 is 10.3 Å². The van der Waals surface area contributed by atoms with Gasteiger partial charge in [0.1, 0.15) is 11.8 Å². The van der Waals surface area contributed by atoms with E-state index < -0.39 is 0 Å². The summed E-state index contributed by atoms with van der Waals surface area (Å²) in [5, 5.41) is 11.9. The number of carbonyl (C=O) groups excluding carboxylic acids is 1. The Morgan fingerprint density at radius 1 is 1.33 bits per heavy atom. The molecule has 1 amide bonds. The highest BCUT2D eigenvalue weighted by molar-refractivity contribution is 5.93. The molecule has 1 atom stereocenters. The smallest absolute Gasteiger partial charge is 0.267 e. The zero-order valence-corrected chi connectivity index (χ0v) is 12.3. The highest BCUT2D eigenvalue weighted by atomic mass is 16.1. The van der Waals surface area contributed by atoms with Crippen molar-refractivity contribution < 1.29 is 4.79 Å². The zero-order chi connectivity index (χ0) is 14.7. The molecule has 0 radical (unpaired) electrons. The lowest BCUT2D eigenvalue weighted by Gasteiger charge is -2.37. The van der Waals surface area contributed by atoms with Gasteiger partial charge in [-0.25, -0.2) is 0 Å². The van der Waals surface area contributed by atoms with Crippen molar-refractivity contribution in [2.24, 2.45) is 0 Å². The molecule has 21 heavy (non-hydrogen) atoms. The van der Waals surface area contributed by atoms with Gasteiger partial charge in [-0.15, -0.1) is 0 Å². The Morgan fingerprint density at radius 2 is 2.14 bits per heavy atom. The van der Waals surface area contributed by atoms with Gasteiger partial charge in [-0.2, -0.15) is 5.26 Å². The first-order valence-corrected chi connectivity index (χ1v) is 7.89. The number of hydrogen-bond acceptors (Lipinski definition) is 3. The molecule has 1 saturated carbocycles. The first-order valence-electron chi connectivity index (χ1n) is 7.89. The van der Waals surface area contributed by atoms with Crippen molar-refractivity contribution in [1.29, 1.82) is 5.26 Å². The number of aromatic amines is 1. The lowest BCUT2D eigenvalue weighted by Crippen LogP contribution is -2.50. The Hall–Kier alpha value is -1.80. The number of carbonyl (C=O) groups is 1. The second-order valence-electron chi connectivity index (χ2n) is 6.16. The summed E-state index contributed by atoms with van der Waals surface area (Å²) in [6, 6.07) is 4.58. The predicted octanol–water partition coefficient (Wildman–Crippen LogP) is 2.02. The molecule has 5 nitrogen and oxygen atoms in total. The number of aromatic nitrogens is 1. The lowest BCUT2D eigenvalue weighted by molar-refractivity contribution is 0.0870. The summed E-state index contributed by atoms with van der Waals surface area (Å²) < 4.78 is 0. The van der Waals surface area contributed by atoms with E-state index in [0.717, 1.165) is 32.0 Å². The number of rotatable bonds is 3. The van der Waals surface area contributed by atoms with Crippen LogP contribution >= 0.6 is 0 Å². The van der Waals surface area contributed by atoms with Crippen molar-refractivity contribution in [3.63, 3.8) is 0 Å². The molecule has 1 aliphatic heterocycles. The fraction of sp³-hybridized carbons (Fsp3) is 0.625. The van der Waals surface area contributed by atoms with Crippen LogP contribution in [0.25, 0.3) is 0 Å². The molecule has 2 heterocycles. The second-order valence-corrected chi connectivity index (χ2v) is 6.16. The minimum atomic E-state index is -0.102. The molecule has 1 unspecified atom stereocenters. The highest BCUT2D eigenvalue weighted by Crippen LogP contribution is 2.26. The normalized spacial score (nSPS) is 23.9. The molecule has 1 aliphatic carbocycles. The van der Waals surface area contributed by atoms with Crippen LogP contribution in [0, 0.1) is 11.3 Å². The summed E-state index contributed by atoms with van der Waals surface area (Å²) in [7, 11) is 0. The standard InChI is InChI=1S/C16H22N4O/c17-9-12-8-15(18-10-12)16(21)19-13-4-3-7-20(11-13)14-5-1-2-6-14/h8,10,13-14,18H,1-7,11H2,(H,19,21). The van der Waals surface area contributed by atoms with E-state index >= 15 is 0 Å². The number of nitriles is 1. The number of likely N-dealkylation sites (tertiary alicyclic amines) is 1. The molecule has 2 fully saturated rings. The van der Waals surface area contributed by atoms with Crippen LogP contribution < -0.4 is 5.32 Å². The Labute approximate surface area is 125 Å². The first kappa shape index (κ1) is 14.2. The summed E-state index contributed by atoms with van der Waals surface area (Å²) in [6.45, 7) is 2.13. The topological polar surface area (TPSA) is 71.9 Å². The Morgan fingerprint density at radius 3 is 2.86 bits per heavy atom. The Kier molecular flexibility index (Phi) is 4.26. The van der Waals surface area contributed by atoms with Crippen molar-refractivity contribution in [2.45, 2.75) is 50.6 Å². The van der Waals surface area contributed by atoms with Crippen LogP contribution in [-0.2, 0) is 0 Å². The molecule has 0 bridgehead atoms. The fourth-order valence-electron chi connectivity index (χ4n) is 3.58. The van der Waals surface area contributed by atoms with E-state index in [1.54, 1.807) is 12.3 Å². The molecule has 2 aliphatic rings. The van der Waals surface area contributed by atoms with E-state index in [1.165, 1.54) is 25.7 Å². The molecule has 1 saturated heterocycles. The molecule has 2 N–H and O–H groups in total. The van der Waals surface area contributed by atoms with Gasteiger partial charge in [0.25, 0.3) is 5.91 Å². The monoisotopic (exact) mass is 286 g/mol. The maximum absolute atomic E-state index is 12.2. The number of H-pyrrole nitrogens is 1. The molecular weight excluding hydrogens is 264 g/mol. The van der Waals surface area contributed by atoms with E-state index in [9.17, 15) is 4.79 Å². The van der Waals surface area contributed by atoms with Gasteiger partial charge in [-0.3, -0.25) is 9.69 Å². The van der Waals surface area contributed by atoms with E-state index in [4.69, 9.17) is 5.26 Å². The van der Waals surface area contributed by atoms with E-state index in [0.29, 0.717) is 11.3 Å². The van der Waals surface area contributed by atoms with Crippen molar-refractivity contribution in [3.8, 4) is 6.07 Å². The van der Waals surface area contributed by atoms with Crippen molar-refractivity contribution in [2.75, 3.05) is 13.1 Å². The van der Waals surface area contributed by atoms with Crippen molar-refractivity contribution in [3.05, 3.63) is 23.5 Å². The molecule has 3 rings (SSSR count). The second kappa shape index (κ2) is 6.31. The molecular formula is C16H22N4O. The van der Waals surface area contributed by atoms with Crippen molar-refractivity contribution >= 4 is 5.91 Å². The number of nitrogens with one attached hydrogen (secondary N) is 2. The predicted molar refractivity (Wildman–Crippen MR) is 79.8 cm³/mol.